The summed E-state index contributed by atoms with van der Waals surface area (Å²) in [5.41, 5.74) is -0.168. The largest absolute Gasteiger partial charge is 0.481 e. The van der Waals surface area contributed by atoms with Crippen molar-refractivity contribution in [3.63, 3.8) is 0 Å². The van der Waals surface area contributed by atoms with Gasteiger partial charge in [-0.05, 0) is 30.5 Å². The second-order valence-corrected chi connectivity index (χ2v) is 5.27. The van der Waals surface area contributed by atoms with Crippen LogP contribution in [-0.4, -0.2) is 23.5 Å². The number of benzene rings is 1. The summed E-state index contributed by atoms with van der Waals surface area (Å²) in [5.74, 6) is -1.22. The molecule has 0 aliphatic carbocycles. The van der Waals surface area contributed by atoms with Crippen LogP contribution in [0.25, 0.3) is 6.08 Å². The fraction of sp³-hybridized carbons (Fsp3) is 0.375. The predicted octanol–water partition coefficient (Wildman–Crippen LogP) is 3.36. The van der Waals surface area contributed by atoms with Crippen LogP contribution in [0.1, 0.15) is 32.3 Å². The Morgan fingerprint density at radius 1 is 1.29 bits per heavy atom. The van der Waals surface area contributed by atoms with Crippen molar-refractivity contribution in [2.45, 2.75) is 26.7 Å². The third kappa shape index (κ3) is 4.60. The summed E-state index contributed by atoms with van der Waals surface area (Å²) in [6.45, 7) is 3.73. The number of aliphatic carboxylic acids is 1. The molecule has 0 unspecified atom stereocenters. The minimum atomic E-state index is -0.909. The van der Waals surface area contributed by atoms with Gasteiger partial charge in [0.1, 0.15) is 0 Å². The molecular weight excluding hydrogens is 290 g/mol. The number of carboxylic acids is 1. The maximum Gasteiger partial charge on any atom is 0.311 e. The number of amides is 1. The van der Waals surface area contributed by atoms with Gasteiger partial charge in [0.05, 0.1) is 5.41 Å². The molecule has 1 aromatic rings. The Hall–Kier alpha value is -1.81. The lowest BCUT2D eigenvalue weighted by molar-refractivity contribution is -0.149. The topological polar surface area (TPSA) is 66.4 Å². The Morgan fingerprint density at radius 2 is 1.90 bits per heavy atom. The molecule has 2 N–H and O–H groups in total. The number of hydrogen-bond acceptors (Lipinski definition) is 2. The van der Waals surface area contributed by atoms with Crippen LogP contribution in [0.5, 0.6) is 0 Å². The Balaban J connectivity index is 2.66. The number of nitrogens with one attached hydrogen (secondary N) is 1. The zero-order valence-corrected chi connectivity index (χ0v) is 13.0. The van der Waals surface area contributed by atoms with E-state index in [9.17, 15) is 14.7 Å². The number of carbonyl (C=O) groups excluding carboxylic acids is 1. The highest BCUT2D eigenvalue weighted by Crippen LogP contribution is 2.25. The van der Waals surface area contributed by atoms with E-state index in [0.717, 1.165) is 5.56 Å². The summed E-state index contributed by atoms with van der Waals surface area (Å²) in [5, 5.41) is 12.5. The van der Waals surface area contributed by atoms with Crippen molar-refractivity contribution < 1.29 is 14.7 Å². The van der Waals surface area contributed by atoms with Crippen molar-refractivity contribution in [1.82, 2.24) is 5.32 Å². The second kappa shape index (κ2) is 7.84. The SMILES string of the molecule is CCC(CC)(CNC(=O)/C=C/c1ccccc1Cl)C(=O)O. The fourth-order valence-corrected chi connectivity index (χ4v) is 2.17. The van der Waals surface area contributed by atoms with E-state index in [4.69, 9.17) is 11.6 Å². The minimum absolute atomic E-state index is 0.112. The molecule has 0 aliphatic heterocycles. The Bertz CT molecular complexity index is 536. The number of hydrogen-bond donors (Lipinski definition) is 2. The standard InChI is InChI=1S/C16H20ClNO3/c1-3-16(4-2,15(20)21)11-18-14(19)10-9-12-7-5-6-8-13(12)17/h5-10H,3-4,11H2,1-2H3,(H,18,19)(H,20,21)/b10-9+. The van der Waals surface area contributed by atoms with E-state index < -0.39 is 11.4 Å². The second-order valence-electron chi connectivity index (χ2n) is 4.87. The molecule has 0 saturated heterocycles. The van der Waals surface area contributed by atoms with Crippen molar-refractivity contribution in [1.29, 1.82) is 0 Å². The van der Waals surface area contributed by atoms with E-state index in [1.54, 1.807) is 18.2 Å². The first-order valence-electron chi connectivity index (χ1n) is 6.89. The van der Waals surface area contributed by atoms with E-state index in [1.165, 1.54) is 6.08 Å². The molecular formula is C16H20ClNO3. The minimum Gasteiger partial charge on any atom is -0.481 e. The lowest BCUT2D eigenvalue weighted by Crippen LogP contribution is -2.41. The molecule has 4 nitrogen and oxygen atoms in total. The first kappa shape index (κ1) is 17.2. The number of carbonyl (C=O) groups is 2. The molecule has 0 spiro atoms. The summed E-state index contributed by atoms with van der Waals surface area (Å²) in [7, 11) is 0. The molecule has 0 atom stereocenters. The quantitative estimate of drug-likeness (QED) is 0.759. The lowest BCUT2D eigenvalue weighted by atomic mass is 9.82. The molecule has 0 heterocycles. The van der Waals surface area contributed by atoms with Crippen molar-refractivity contribution >= 4 is 29.6 Å². The van der Waals surface area contributed by atoms with E-state index in [-0.39, 0.29) is 12.5 Å². The average Bonchev–Trinajstić information content (AvgIpc) is 2.47. The summed E-state index contributed by atoms with van der Waals surface area (Å²) < 4.78 is 0. The van der Waals surface area contributed by atoms with Crippen LogP contribution in [0.2, 0.25) is 5.02 Å². The monoisotopic (exact) mass is 309 g/mol. The van der Waals surface area contributed by atoms with Crippen LogP contribution in [0.4, 0.5) is 0 Å². The Kier molecular flexibility index (Phi) is 6.43. The van der Waals surface area contributed by atoms with Crippen molar-refractivity contribution in [2.24, 2.45) is 5.41 Å². The highest BCUT2D eigenvalue weighted by atomic mass is 35.5. The van der Waals surface area contributed by atoms with Crippen LogP contribution >= 0.6 is 11.6 Å². The molecule has 5 heteroatoms. The molecule has 21 heavy (non-hydrogen) atoms. The molecule has 1 amide bonds. The van der Waals surface area contributed by atoms with Crippen molar-refractivity contribution in [3.8, 4) is 0 Å². The smallest absolute Gasteiger partial charge is 0.311 e. The van der Waals surface area contributed by atoms with E-state index in [1.807, 2.05) is 26.0 Å². The van der Waals surface area contributed by atoms with Gasteiger partial charge in [-0.2, -0.15) is 0 Å². The zero-order valence-electron chi connectivity index (χ0n) is 12.2. The van der Waals surface area contributed by atoms with Crippen LogP contribution in [0, 0.1) is 5.41 Å². The van der Waals surface area contributed by atoms with Crippen molar-refractivity contribution in [2.75, 3.05) is 6.54 Å². The van der Waals surface area contributed by atoms with E-state index >= 15 is 0 Å². The zero-order chi connectivity index (χ0) is 15.9. The number of halogens is 1. The van der Waals surface area contributed by atoms with Gasteiger partial charge < -0.3 is 10.4 Å². The number of rotatable bonds is 7. The third-order valence-electron chi connectivity index (χ3n) is 3.73. The highest BCUT2D eigenvalue weighted by molar-refractivity contribution is 6.32. The predicted molar refractivity (Wildman–Crippen MR) is 84.1 cm³/mol. The highest BCUT2D eigenvalue weighted by Gasteiger charge is 2.34. The van der Waals surface area contributed by atoms with Crippen molar-refractivity contribution in [3.05, 3.63) is 40.9 Å². The molecule has 0 aliphatic rings. The maximum absolute atomic E-state index is 11.8. The average molecular weight is 310 g/mol. The van der Waals surface area contributed by atoms with Crippen LogP contribution in [-0.2, 0) is 9.59 Å². The third-order valence-corrected chi connectivity index (χ3v) is 4.07. The lowest BCUT2D eigenvalue weighted by Gasteiger charge is -2.26. The summed E-state index contributed by atoms with van der Waals surface area (Å²) in [4.78, 5) is 23.1. The first-order chi connectivity index (χ1) is 9.95. The Labute approximate surface area is 129 Å². The summed E-state index contributed by atoms with van der Waals surface area (Å²) in [6.07, 6.45) is 3.90. The van der Waals surface area contributed by atoms with Gasteiger partial charge in [0.2, 0.25) is 5.91 Å². The van der Waals surface area contributed by atoms with E-state index in [0.29, 0.717) is 17.9 Å². The van der Waals surface area contributed by atoms with Gasteiger partial charge in [-0.15, -0.1) is 0 Å². The van der Waals surface area contributed by atoms with Gasteiger partial charge in [-0.1, -0.05) is 43.6 Å². The molecule has 0 aromatic heterocycles. The molecule has 0 radical (unpaired) electrons. The van der Waals surface area contributed by atoms with E-state index in [2.05, 4.69) is 5.32 Å². The Morgan fingerprint density at radius 3 is 2.43 bits per heavy atom. The molecule has 1 aromatic carbocycles. The molecule has 1 rings (SSSR count). The normalized spacial score (nSPS) is 11.6. The molecule has 114 valence electrons. The van der Waals surface area contributed by atoms with Crippen LogP contribution < -0.4 is 5.32 Å². The van der Waals surface area contributed by atoms with Gasteiger partial charge in [-0.25, -0.2) is 0 Å². The van der Waals surface area contributed by atoms with Gasteiger partial charge >= 0.3 is 5.97 Å². The summed E-state index contributed by atoms with van der Waals surface area (Å²) in [6, 6.07) is 7.17. The van der Waals surface area contributed by atoms with Crippen LogP contribution in [0.3, 0.4) is 0 Å². The van der Waals surface area contributed by atoms with Gasteiger partial charge in [0.25, 0.3) is 0 Å². The van der Waals surface area contributed by atoms with Gasteiger partial charge in [-0.3, -0.25) is 9.59 Å². The van der Waals surface area contributed by atoms with Gasteiger partial charge in [0, 0.05) is 17.6 Å². The fourth-order valence-electron chi connectivity index (χ4n) is 1.97. The molecule has 0 bridgehead atoms. The van der Waals surface area contributed by atoms with Gasteiger partial charge in [0.15, 0.2) is 0 Å². The maximum atomic E-state index is 11.8. The van der Waals surface area contributed by atoms with Crippen LogP contribution in [0.15, 0.2) is 30.3 Å². The molecule has 0 fully saturated rings. The molecule has 0 saturated carbocycles. The summed E-state index contributed by atoms with van der Waals surface area (Å²) >= 11 is 5.98. The first-order valence-corrected chi connectivity index (χ1v) is 7.27. The number of carboxylic acid groups (broad SMARTS) is 1.